The van der Waals surface area contributed by atoms with Crippen molar-refractivity contribution in [2.24, 2.45) is 0 Å². The summed E-state index contributed by atoms with van der Waals surface area (Å²) < 4.78 is 28.4. The average molecular weight is 316 g/mol. The van der Waals surface area contributed by atoms with Crippen molar-refractivity contribution < 1.29 is 8.78 Å². The summed E-state index contributed by atoms with van der Waals surface area (Å²) in [6.07, 6.45) is 1.65. The summed E-state index contributed by atoms with van der Waals surface area (Å²) >= 11 is 3.03. The number of hydrogen-bond acceptors (Lipinski definition) is 2. The van der Waals surface area contributed by atoms with Gasteiger partial charge in [-0.3, -0.25) is 0 Å². The highest BCUT2D eigenvalue weighted by Crippen LogP contribution is 2.22. The van der Waals surface area contributed by atoms with Crippen LogP contribution in [0.3, 0.4) is 0 Å². The van der Waals surface area contributed by atoms with Crippen LogP contribution in [0.2, 0.25) is 0 Å². The lowest BCUT2D eigenvalue weighted by Gasteiger charge is -2.05. The first kappa shape index (κ1) is 13.2. The number of nitrogens with one attached hydrogen (secondary N) is 1. The third kappa shape index (κ3) is 2.76. The van der Waals surface area contributed by atoms with Crippen LogP contribution in [0.25, 0.3) is 5.69 Å². The molecular weight excluding hydrogens is 304 g/mol. The number of benzene rings is 1. The van der Waals surface area contributed by atoms with Crippen molar-refractivity contribution in [1.82, 2.24) is 15.1 Å². The summed E-state index contributed by atoms with van der Waals surface area (Å²) in [6, 6.07) is 4.00. The zero-order chi connectivity index (χ0) is 13.1. The molecule has 0 aliphatic rings. The van der Waals surface area contributed by atoms with Gasteiger partial charge in [-0.15, -0.1) is 0 Å². The molecular formula is C12H12BrF2N3. The van der Waals surface area contributed by atoms with E-state index in [0.29, 0.717) is 6.54 Å². The minimum Gasteiger partial charge on any atom is -0.311 e. The minimum atomic E-state index is -0.645. The third-order valence-corrected chi connectivity index (χ3v) is 3.04. The Morgan fingerprint density at radius 3 is 2.83 bits per heavy atom. The molecule has 0 aliphatic heterocycles. The molecule has 2 aromatic rings. The van der Waals surface area contributed by atoms with Crippen LogP contribution in [0.15, 0.2) is 28.9 Å². The van der Waals surface area contributed by atoms with Crippen LogP contribution < -0.4 is 5.32 Å². The topological polar surface area (TPSA) is 29.9 Å². The molecule has 0 aliphatic carbocycles. The van der Waals surface area contributed by atoms with E-state index in [1.54, 1.807) is 12.3 Å². The molecule has 1 aromatic carbocycles. The monoisotopic (exact) mass is 315 g/mol. The van der Waals surface area contributed by atoms with E-state index in [2.05, 4.69) is 26.3 Å². The summed E-state index contributed by atoms with van der Waals surface area (Å²) in [4.78, 5) is 0. The van der Waals surface area contributed by atoms with Crippen molar-refractivity contribution in [2.75, 3.05) is 6.54 Å². The van der Waals surface area contributed by atoms with Gasteiger partial charge in [-0.05, 0) is 34.6 Å². The lowest BCUT2D eigenvalue weighted by atomic mass is 10.3. The van der Waals surface area contributed by atoms with Gasteiger partial charge >= 0.3 is 0 Å². The predicted octanol–water partition coefficient (Wildman–Crippen LogP) is 3.02. The maximum Gasteiger partial charge on any atom is 0.151 e. The van der Waals surface area contributed by atoms with Gasteiger partial charge in [0.2, 0.25) is 0 Å². The zero-order valence-corrected chi connectivity index (χ0v) is 11.3. The van der Waals surface area contributed by atoms with E-state index < -0.39 is 11.6 Å². The van der Waals surface area contributed by atoms with Gasteiger partial charge in [0.05, 0.1) is 10.2 Å². The third-order valence-electron chi connectivity index (χ3n) is 2.44. The lowest BCUT2D eigenvalue weighted by molar-refractivity contribution is 0.568. The van der Waals surface area contributed by atoms with E-state index in [0.717, 1.165) is 18.3 Å². The fraction of sp³-hybridized carbons (Fsp3) is 0.250. The van der Waals surface area contributed by atoms with Crippen LogP contribution >= 0.6 is 15.9 Å². The Labute approximate surface area is 112 Å². The highest BCUT2D eigenvalue weighted by molar-refractivity contribution is 9.10. The van der Waals surface area contributed by atoms with Crippen LogP contribution in [-0.2, 0) is 6.54 Å². The molecule has 0 saturated carbocycles. The maximum absolute atomic E-state index is 13.6. The summed E-state index contributed by atoms with van der Waals surface area (Å²) in [5, 5.41) is 7.35. The number of hydrogen-bond donors (Lipinski definition) is 1. The first-order valence-electron chi connectivity index (χ1n) is 5.52. The van der Waals surface area contributed by atoms with Crippen molar-refractivity contribution in [3.63, 3.8) is 0 Å². The minimum absolute atomic E-state index is 0.211. The molecule has 0 atom stereocenters. The Hall–Kier alpha value is -1.27. The smallest absolute Gasteiger partial charge is 0.151 e. The fourth-order valence-electron chi connectivity index (χ4n) is 1.53. The van der Waals surface area contributed by atoms with E-state index in [4.69, 9.17) is 0 Å². The first-order chi connectivity index (χ1) is 8.61. The second kappa shape index (κ2) is 5.58. The van der Waals surface area contributed by atoms with E-state index in [1.165, 1.54) is 10.7 Å². The number of halogens is 3. The molecule has 1 aromatic heterocycles. The summed E-state index contributed by atoms with van der Waals surface area (Å²) in [7, 11) is 0. The molecule has 18 heavy (non-hydrogen) atoms. The molecule has 1 N–H and O–H groups in total. The fourth-order valence-corrected chi connectivity index (χ4v) is 1.86. The molecule has 0 saturated heterocycles. The van der Waals surface area contributed by atoms with Crippen LogP contribution in [0.5, 0.6) is 0 Å². The largest absolute Gasteiger partial charge is 0.311 e. The van der Waals surface area contributed by atoms with Crippen molar-refractivity contribution in [3.8, 4) is 5.69 Å². The van der Waals surface area contributed by atoms with Gasteiger partial charge in [0.1, 0.15) is 11.5 Å². The molecule has 6 heteroatoms. The van der Waals surface area contributed by atoms with Gasteiger partial charge in [-0.1, -0.05) is 6.92 Å². The first-order valence-corrected chi connectivity index (χ1v) is 6.31. The molecule has 0 fully saturated rings. The predicted molar refractivity (Wildman–Crippen MR) is 68.6 cm³/mol. The van der Waals surface area contributed by atoms with E-state index in [1.807, 2.05) is 6.92 Å². The van der Waals surface area contributed by atoms with Crippen LogP contribution in [0.4, 0.5) is 8.78 Å². The van der Waals surface area contributed by atoms with Crippen molar-refractivity contribution in [1.29, 1.82) is 0 Å². The Bertz CT molecular complexity index is 554. The van der Waals surface area contributed by atoms with Crippen molar-refractivity contribution in [3.05, 3.63) is 46.2 Å². The van der Waals surface area contributed by atoms with E-state index in [9.17, 15) is 8.78 Å². The van der Waals surface area contributed by atoms with Gasteiger partial charge < -0.3 is 5.32 Å². The van der Waals surface area contributed by atoms with Crippen LogP contribution in [0.1, 0.15) is 12.6 Å². The molecule has 0 spiro atoms. The van der Waals surface area contributed by atoms with Gasteiger partial charge in [-0.2, -0.15) is 5.10 Å². The SMILES string of the molecule is CCNCc1ccn(-c2cc(Br)c(F)cc2F)n1. The molecule has 0 unspecified atom stereocenters. The highest BCUT2D eigenvalue weighted by Gasteiger charge is 2.11. The Morgan fingerprint density at radius 2 is 2.11 bits per heavy atom. The Kier molecular flexibility index (Phi) is 4.08. The number of nitrogens with zero attached hydrogens (tertiary/aromatic N) is 2. The second-order valence-electron chi connectivity index (χ2n) is 3.75. The number of aromatic nitrogens is 2. The Balaban J connectivity index is 2.31. The maximum atomic E-state index is 13.6. The molecule has 1 heterocycles. The van der Waals surface area contributed by atoms with E-state index >= 15 is 0 Å². The summed E-state index contributed by atoms with van der Waals surface area (Å²) in [5.41, 5.74) is 1.02. The quantitative estimate of drug-likeness (QED) is 0.879. The molecule has 0 amide bonds. The highest BCUT2D eigenvalue weighted by atomic mass is 79.9. The van der Waals surface area contributed by atoms with Gasteiger partial charge in [-0.25, -0.2) is 13.5 Å². The molecule has 2 rings (SSSR count). The van der Waals surface area contributed by atoms with Crippen LogP contribution in [-0.4, -0.2) is 16.3 Å². The molecule has 96 valence electrons. The molecule has 0 radical (unpaired) electrons. The van der Waals surface area contributed by atoms with Gasteiger partial charge in [0.25, 0.3) is 0 Å². The van der Waals surface area contributed by atoms with Crippen molar-refractivity contribution in [2.45, 2.75) is 13.5 Å². The van der Waals surface area contributed by atoms with E-state index in [-0.39, 0.29) is 10.2 Å². The van der Waals surface area contributed by atoms with Crippen molar-refractivity contribution >= 4 is 15.9 Å². The normalized spacial score (nSPS) is 10.9. The standard InChI is InChI=1S/C12H12BrF2N3/c1-2-16-7-8-3-4-18(17-8)12-5-9(13)10(14)6-11(12)15/h3-6,16H,2,7H2,1H3. The molecule has 3 nitrogen and oxygen atoms in total. The average Bonchev–Trinajstić information content (AvgIpc) is 2.79. The van der Waals surface area contributed by atoms with Gasteiger partial charge in [0, 0.05) is 18.8 Å². The summed E-state index contributed by atoms with van der Waals surface area (Å²) in [5.74, 6) is -1.27. The zero-order valence-electron chi connectivity index (χ0n) is 9.75. The number of rotatable bonds is 4. The summed E-state index contributed by atoms with van der Waals surface area (Å²) in [6.45, 7) is 3.45. The lowest BCUT2D eigenvalue weighted by Crippen LogP contribution is -2.12. The van der Waals surface area contributed by atoms with Gasteiger partial charge in [0.15, 0.2) is 5.82 Å². The molecule has 0 bridgehead atoms. The second-order valence-corrected chi connectivity index (χ2v) is 4.60. The van der Waals surface area contributed by atoms with Crippen LogP contribution in [0, 0.1) is 11.6 Å². The Morgan fingerprint density at radius 1 is 1.33 bits per heavy atom.